The van der Waals surface area contributed by atoms with Gasteiger partial charge in [0, 0.05) is 9.37 Å². The van der Waals surface area contributed by atoms with Crippen LogP contribution >= 0.6 is 27.7 Å². The molecule has 0 aliphatic rings. The smallest absolute Gasteiger partial charge is 0.0762 e. The molecule has 3 heteroatoms. The quantitative estimate of drug-likeness (QED) is 0.809. The van der Waals surface area contributed by atoms with Crippen molar-refractivity contribution < 1.29 is 5.11 Å². The van der Waals surface area contributed by atoms with E-state index in [1.165, 1.54) is 4.90 Å². The van der Waals surface area contributed by atoms with Gasteiger partial charge >= 0.3 is 0 Å². The number of benzene rings is 1. The second-order valence-corrected chi connectivity index (χ2v) is 4.27. The van der Waals surface area contributed by atoms with E-state index in [9.17, 15) is 5.11 Å². The third kappa shape index (κ3) is 2.25. The molecule has 0 saturated heterocycles. The summed E-state index contributed by atoms with van der Waals surface area (Å²) in [6.07, 6.45) is 1.64. The maximum absolute atomic E-state index is 9.28. The molecular formula is C9H11BrOS. The van der Waals surface area contributed by atoms with Crippen LogP contribution in [0.15, 0.2) is 27.6 Å². The second-order valence-electron chi connectivity index (χ2n) is 2.57. The van der Waals surface area contributed by atoms with Gasteiger partial charge in [0.25, 0.3) is 0 Å². The summed E-state index contributed by atoms with van der Waals surface area (Å²) < 4.78 is 1.05. The van der Waals surface area contributed by atoms with Crippen molar-refractivity contribution in [2.45, 2.75) is 17.9 Å². The Morgan fingerprint density at radius 1 is 1.50 bits per heavy atom. The molecule has 0 saturated carbocycles. The molecule has 1 aromatic carbocycles. The van der Waals surface area contributed by atoms with Gasteiger partial charge < -0.3 is 5.11 Å². The topological polar surface area (TPSA) is 20.2 Å². The van der Waals surface area contributed by atoms with Crippen molar-refractivity contribution in [3.63, 3.8) is 0 Å². The lowest BCUT2D eigenvalue weighted by atomic mass is 10.1. The minimum Gasteiger partial charge on any atom is -0.389 e. The van der Waals surface area contributed by atoms with Crippen LogP contribution in [0, 0.1) is 0 Å². The number of thioether (sulfide) groups is 1. The molecule has 1 unspecified atom stereocenters. The summed E-state index contributed by atoms with van der Waals surface area (Å²) in [7, 11) is 0. The Kier molecular flexibility index (Phi) is 3.62. The summed E-state index contributed by atoms with van der Waals surface area (Å²) in [5, 5.41) is 9.28. The van der Waals surface area contributed by atoms with Gasteiger partial charge in [-0.1, -0.05) is 6.07 Å². The molecule has 0 fully saturated rings. The Morgan fingerprint density at radius 2 is 2.17 bits per heavy atom. The van der Waals surface area contributed by atoms with E-state index in [0.29, 0.717) is 0 Å². The van der Waals surface area contributed by atoms with Gasteiger partial charge in [0.05, 0.1) is 6.10 Å². The van der Waals surface area contributed by atoms with Crippen LogP contribution < -0.4 is 0 Å². The van der Waals surface area contributed by atoms with Crippen molar-refractivity contribution in [1.29, 1.82) is 0 Å². The van der Waals surface area contributed by atoms with Crippen molar-refractivity contribution in [3.8, 4) is 0 Å². The fourth-order valence-corrected chi connectivity index (χ4v) is 2.28. The molecule has 1 nitrogen and oxygen atoms in total. The summed E-state index contributed by atoms with van der Waals surface area (Å²) in [4.78, 5) is 1.19. The van der Waals surface area contributed by atoms with Crippen LogP contribution in [0.5, 0.6) is 0 Å². The lowest BCUT2D eigenvalue weighted by Crippen LogP contribution is -1.90. The van der Waals surface area contributed by atoms with Crippen LogP contribution in [-0.4, -0.2) is 11.4 Å². The monoisotopic (exact) mass is 246 g/mol. The number of aliphatic hydroxyl groups is 1. The summed E-state index contributed by atoms with van der Waals surface area (Å²) in [5.74, 6) is 0. The van der Waals surface area contributed by atoms with Gasteiger partial charge in [0.2, 0.25) is 0 Å². The molecule has 1 atom stereocenters. The third-order valence-corrected chi connectivity index (χ3v) is 3.37. The summed E-state index contributed by atoms with van der Waals surface area (Å²) >= 11 is 5.13. The van der Waals surface area contributed by atoms with Crippen LogP contribution in [-0.2, 0) is 0 Å². The van der Waals surface area contributed by atoms with Crippen LogP contribution in [0.4, 0.5) is 0 Å². The zero-order valence-electron chi connectivity index (χ0n) is 7.04. The molecule has 0 amide bonds. The predicted molar refractivity (Wildman–Crippen MR) is 56.6 cm³/mol. The van der Waals surface area contributed by atoms with E-state index in [4.69, 9.17) is 0 Å². The number of hydrogen-bond donors (Lipinski definition) is 1. The fourth-order valence-electron chi connectivity index (χ4n) is 0.942. The van der Waals surface area contributed by atoms with E-state index in [1.54, 1.807) is 18.7 Å². The number of aliphatic hydroxyl groups excluding tert-OH is 1. The molecule has 1 N–H and O–H groups in total. The van der Waals surface area contributed by atoms with Crippen molar-refractivity contribution in [3.05, 3.63) is 28.2 Å². The molecule has 0 bridgehead atoms. The number of halogens is 1. The van der Waals surface area contributed by atoms with Gasteiger partial charge in [-0.25, -0.2) is 0 Å². The normalized spacial score (nSPS) is 13.0. The van der Waals surface area contributed by atoms with Gasteiger partial charge in [-0.05, 0) is 46.8 Å². The average Bonchev–Trinajstić information content (AvgIpc) is 2.04. The lowest BCUT2D eigenvalue weighted by Gasteiger charge is -2.07. The second kappa shape index (κ2) is 4.30. The van der Waals surface area contributed by atoms with Gasteiger partial charge in [-0.2, -0.15) is 0 Å². The Bertz CT molecular complexity index is 273. The SMILES string of the molecule is CSc1ccc(C(C)O)cc1Br. The Balaban J connectivity index is 3.02. The molecule has 1 rings (SSSR count). The number of rotatable bonds is 2. The van der Waals surface area contributed by atoms with Crippen molar-refractivity contribution in [2.24, 2.45) is 0 Å². The minimum atomic E-state index is -0.391. The van der Waals surface area contributed by atoms with Crippen molar-refractivity contribution in [2.75, 3.05) is 6.26 Å². The largest absolute Gasteiger partial charge is 0.389 e. The minimum absolute atomic E-state index is 0.391. The van der Waals surface area contributed by atoms with Gasteiger partial charge in [-0.15, -0.1) is 11.8 Å². The highest BCUT2D eigenvalue weighted by atomic mass is 79.9. The standard InChI is InChI=1S/C9H11BrOS/c1-6(11)7-3-4-9(12-2)8(10)5-7/h3-6,11H,1-2H3. The maximum atomic E-state index is 9.28. The van der Waals surface area contributed by atoms with Crippen LogP contribution in [0.25, 0.3) is 0 Å². The third-order valence-electron chi connectivity index (χ3n) is 1.66. The average molecular weight is 247 g/mol. The zero-order chi connectivity index (χ0) is 9.14. The van der Waals surface area contributed by atoms with Crippen LogP contribution in [0.2, 0.25) is 0 Å². The summed E-state index contributed by atoms with van der Waals surface area (Å²) in [6.45, 7) is 1.76. The fraction of sp³-hybridized carbons (Fsp3) is 0.333. The molecule has 0 spiro atoms. The summed E-state index contributed by atoms with van der Waals surface area (Å²) in [6, 6.07) is 5.91. The van der Waals surface area contributed by atoms with Gasteiger partial charge in [-0.3, -0.25) is 0 Å². The zero-order valence-corrected chi connectivity index (χ0v) is 9.45. The molecule has 0 radical (unpaired) electrons. The molecule has 0 aromatic heterocycles. The molecular weight excluding hydrogens is 236 g/mol. The highest BCUT2D eigenvalue weighted by molar-refractivity contribution is 9.10. The first-order valence-electron chi connectivity index (χ1n) is 3.66. The number of hydrogen-bond acceptors (Lipinski definition) is 2. The Hall–Kier alpha value is 0.01000. The van der Waals surface area contributed by atoms with Gasteiger partial charge in [0.15, 0.2) is 0 Å². The molecule has 1 aromatic rings. The van der Waals surface area contributed by atoms with Crippen molar-refractivity contribution in [1.82, 2.24) is 0 Å². The van der Waals surface area contributed by atoms with Gasteiger partial charge in [0.1, 0.15) is 0 Å². The van der Waals surface area contributed by atoms with E-state index in [1.807, 2.05) is 24.5 Å². The van der Waals surface area contributed by atoms with E-state index >= 15 is 0 Å². The molecule has 0 heterocycles. The molecule has 0 aliphatic carbocycles. The van der Waals surface area contributed by atoms with E-state index in [0.717, 1.165) is 10.0 Å². The first-order valence-corrected chi connectivity index (χ1v) is 5.68. The molecule has 66 valence electrons. The van der Waals surface area contributed by atoms with Crippen LogP contribution in [0.3, 0.4) is 0 Å². The molecule has 0 aliphatic heterocycles. The maximum Gasteiger partial charge on any atom is 0.0762 e. The van der Waals surface area contributed by atoms with Crippen molar-refractivity contribution >= 4 is 27.7 Å². The Labute approximate surface area is 85.3 Å². The molecule has 12 heavy (non-hydrogen) atoms. The summed E-state index contributed by atoms with van der Waals surface area (Å²) in [5.41, 5.74) is 0.944. The Morgan fingerprint density at radius 3 is 2.58 bits per heavy atom. The van der Waals surface area contributed by atoms with E-state index < -0.39 is 6.10 Å². The highest BCUT2D eigenvalue weighted by Crippen LogP contribution is 2.28. The first kappa shape index (κ1) is 10.1. The van der Waals surface area contributed by atoms with E-state index in [-0.39, 0.29) is 0 Å². The lowest BCUT2D eigenvalue weighted by molar-refractivity contribution is 0.199. The van der Waals surface area contributed by atoms with E-state index in [2.05, 4.69) is 15.9 Å². The van der Waals surface area contributed by atoms with Crippen LogP contribution in [0.1, 0.15) is 18.6 Å². The predicted octanol–water partition coefficient (Wildman–Crippen LogP) is 3.22. The highest BCUT2D eigenvalue weighted by Gasteiger charge is 2.03. The first-order chi connectivity index (χ1) is 5.65.